The largest absolute Gasteiger partial charge is 0.507 e. The Hall–Kier alpha value is -3.81. The van der Waals surface area contributed by atoms with Gasteiger partial charge in [-0.25, -0.2) is 0 Å². The molecule has 2 heterocycles. The number of carbonyl (C=O) groups is 2. The lowest BCUT2D eigenvalue weighted by Gasteiger charge is -2.23. The molecule has 1 saturated heterocycles. The third-order valence-electron chi connectivity index (χ3n) is 5.50. The van der Waals surface area contributed by atoms with Crippen LogP contribution in [0.2, 0.25) is 0 Å². The Balaban J connectivity index is 1.82. The molecular weight excluding hydrogens is 435 g/mol. The minimum absolute atomic E-state index is 0.176. The van der Waals surface area contributed by atoms with Gasteiger partial charge >= 0.3 is 6.18 Å². The molecule has 5 nitrogen and oxygen atoms in total. The maximum Gasteiger partial charge on any atom is 0.416 e. The number of Topliss-reactive ketones (excluding diaryl/α,β-unsaturated/α-hetero) is 1. The zero-order valence-electron chi connectivity index (χ0n) is 17.8. The summed E-state index contributed by atoms with van der Waals surface area (Å²) < 4.78 is 45.1. The SMILES string of the molecule is Cc1ccc(/C(O)=C2/C(=O)C(=O)N(Cc3cccc(C(F)(F)F)c3)C2c2ccc(C)o2)cc1. The molecule has 1 N–H and O–H groups in total. The van der Waals surface area contributed by atoms with E-state index in [9.17, 15) is 27.9 Å². The van der Waals surface area contributed by atoms with E-state index in [0.29, 0.717) is 11.3 Å². The minimum atomic E-state index is -4.55. The van der Waals surface area contributed by atoms with Crippen LogP contribution in [0.4, 0.5) is 13.2 Å². The number of rotatable bonds is 4. The van der Waals surface area contributed by atoms with Gasteiger partial charge in [0.1, 0.15) is 23.3 Å². The van der Waals surface area contributed by atoms with E-state index in [-0.39, 0.29) is 29.2 Å². The van der Waals surface area contributed by atoms with Crippen molar-refractivity contribution in [2.45, 2.75) is 32.6 Å². The van der Waals surface area contributed by atoms with Crippen LogP contribution in [0.15, 0.2) is 70.7 Å². The summed E-state index contributed by atoms with van der Waals surface area (Å²) in [6.07, 6.45) is -4.55. The number of alkyl halides is 3. The fourth-order valence-corrected chi connectivity index (χ4v) is 3.85. The van der Waals surface area contributed by atoms with Crippen molar-refractivity contribution in [1.29, 1.82) is 0 Å². The Kier molecular flexibility index (Phi) is 5.61. The number of aryl methyl sites for hydroxylation is 2. The first-order chi connectivity index (χ1) is 15.6. The van der Waals surface area contributed by atoms with Gasteiger partial charge in [-0.15, -0.1) is 0 Å². The van der Waals surface area contributed by atoms with E-state index >= 15 is 0 Å². The number of aliphatic hydroxyl groups is 1. The van der Waals surface area contributed by atoms with Crippen molar-refractivity contribution in [2.75, 3.05) is 0 Å². The van der Waals surface area contributed by atoms with Crippen molar-refractivity contribution in [1.82, 2.24) is 4.90 Å². The number of ketones is 1. The van der Waals surface area contributed by atoms with E-state index in [4.69, 9.17) is 4.42 Å². The predicted molar refractivity (Wildman–Crippen MR) is 114 cm³/mol. The Bertz CT molecular complexity index is 1260. The number of likely N-dealkylation sites (tertiary alicyclic amines) is 1. The smallest absolute Gasteiger partial charge is 0.416 e. The van der Waals surface area contributed by atoms with Gasteiger partial charge in [-0.3, -0.25) is 9.59 Å². The average molecular weight is 455 g/mol. The monoisotopic (exact) mass is 455 g/mol. The van der Waals surface area contributed by atoms with Crippen LogP contribution in [-0.4, -0.2) is 21.7 Å². The molecular formula is C25H20F3NO4. The molecule has 0 aliphatic carbocycles. The number of hydrogen-bond acceptors (Lipinski definition) is 4. The zero-order chi connectivity index (χ0) is 23.9. The zero-order valence-corrected chi connectivity index (χ0v) is 17.8. The molecule has 170 valence electrons. The standard InChI is InChI=1S/C25H20F3NO4/c1-14-6-9-17(10-7-14)22(30)20-21(19-11-8-15(2)33-19)29(24(32)23(20)31)13-16-4-3-5-18(12-16)25(26,27)28/h3-12,21,30H,13H2,1-2H3/b22-20-. The highest BCUT2D eigenvalue weighted by Gasteiger charge is 2.47. The Morgan fingerprint density at radius 1 is 1.03 bits per heavy atom. The third kappa shape index (κ3) is 4.28. The number of furan rings is 1. The summed E-state index contributed by atoms with van der Waals surface area (Å²) in [7, 11) is 0. The second-order valence-electron chi connectivity index (χ2n) is 7.94. The van der Waals surface area contributed by atoms with Crippen LogP contribution < -0.4 is 0 Å². The van der Waals surface area contributed by atoms with Crippen LogP contribution in [0.1, 0.15) is 39.8 Å². The number of amides is 1. The van der Waals surface area contributed by atoms with Crippen molar-refractivity contribution in [3.8, 4) is 0 Å². The quantitative estimate of drug-likeness (QED) is 0.319. The molecule has 4 rings (SSSR count). The van der Waals surface area contributed by atoms with E-state index in [0.717, 1.165) is 22.6 Å². The summed E-state index contributed by atoms with van der Waals surface area (Å²) in [4.78, 5) is 27.0. The highest BCUT2D eigenvalue weighted by atomic mass is 19.4. The topological polar surface area (TPSA) is 70.8 Å². The Morgan fingerprint density at radius 2 is 1.73 bits per heavy atom. The summed E-state index contributed by atoms with van der Waals surface area (Å²) in [6, 6.07) is 13.4. The lowest BCUT2D eigenvalue weighted by atomic mass is 9.98. The van der Waals surface area contributed by atoms with E-state index in [2.05, 4.69) is 0 Å². The third-order valence-corrected chi connectivity index (χ3v) is 5.50. The summed E-state index contributed by atoms with van der Waals surface area (Å²) in [5.41, 5.74) is 0.433. The first-order valence-corrected chi connectivity index (χ1v) is 10.1. The lowest BCUT2D eigenvalue weighted by Crippen LogP contribution is -2.29. The number of aliphatic hydroxyl groups excluding tert-OH is 1. The van der Waals surface area contributed by atoms with Crippen LogP contribution in [0.3, 0.4) is 0 Å². The minimum Gasteiger partial charge on any atom is -0.507 e. The van der Waals surface area contributed by atoms with E-state index in [1.165, 1.54) is 12.1 Å². The summed E-state index contributed by atoms with van der Waals surface area (Å²) >= 11 is 0. The Labute approximate surface area is 187 Å². The molecule has 1 unspecified atom stereocenters. The van der Waals surface area contributed by atoms with Crippen molar-refractivity contribution in [3.05, 3.63) is 100 Å². The fraction of sp³-hybridized carbons (Fsp3) is 0.200. The van der Waals surface area contributed by atoms with Gasteiger partial charge in [0, 0.05) is 12.1 Å². The second-order valence-corrected chi connectivity index (χ2v) is 7.94. The molecule has 3 aromatic rings. The van der Waals surface area contributed by atoms with Crippen molar-refractivity contribution in [2.24, 2.45) is 0 Å². The number of hydrogen-bond donors (Lipinski definition) is 1. The van der Waals surface area contributed by atoms with Crippen LogP contribution >= 0.6 is 0 Å². The average Bonchev–Trinajstić information content (AvgIpc) is 3.30. The van der Waals surface area contributed by atoms with Crippen LogP contribution in [0, 0.1) is 13.8 Å². The van der Waals surface area contributed by atoms with Crippen LogP contribution in [0.5, 0.6) is 0 Å². The number of benzene rings is 2. The molecule has 8 heteroatoms. The van der Waals surface area contributed by atoms with E-state index in [1.807, 2.05) is 6.92 Å². The van der Waals surface area contributed by atoms with Gasteiger partial charge in [0.25, 0.3) is 11.7 Å². The van der Waals surface area contributed by atoms with Gasteiger partial charge in [-0.2, -0.15) is 13.2 Å². The molecule has 1 aromatic heterocycles. The molecule has 0 radical (unpaired) electrons. The van der Waals surface area contributed by atoms with Gasteiger partial charge in [-0.05, 0) is 43.7 Å². The van der Waals surface area contributed by atoms with Gasteiger partial charge < -0.3 is 14.4 Å². The molecule has 1 amide bonds. The highest BCUT2D eigenvalue weighted by molar-refractivity contribution is 6.46. The van der Waals surface area contributed by atoms with Gasteiger partial charge in [-0.1, -0.05) is 42.0 Å². The number of carbonyl (C=O) groups excluding carboxylic acids is 2. The van der Waals surface area contributed by atoms with Gasteiger partial charge in [0.15, 0.2) is 0 Å². The van der Waals surface area contributed by atoms with Crippen molar-refractivity contribution in [3.63, 3.8) is 0 Å². The number of nitrogens with zero attached hydrogens (tertiary/aromatic N) is 1. The molecule has 2 aromatic carbocycles. The van der Waals surface area contributed by atoms with Crippen LogP contribution in [-0.2, 0) is 22.3 Å². The van der Waals surface area contributed by atoms with E-state index < -0.39 is 29.5 Å². The molecule has 1 aliphatic rings. The lowest BCUT2D eigenvalue weighted by molar-refractivity contribution is -0.140. The number of halogens is 3. The predicted octanol–water partition coefficient (Wildman–Crippen LogP) is 5.54. The Morgan fingerprint density at radius 3 is 2.33 bits per heavy atom. The maximum absolute atomic E-state index is 13.2. The molecule has 1 aliphatic heterocycles. The molecule has 0 saturated carbocycles. The van der Waals surface area contributed by atoms with E-state index in [1.54, 1.807) is 43.3 Å². The maximum atomic E-state index is 13.2. The summed E-state index contributed by atoms with van der Waals surface area (Å²) in [5, 5.41) is 11.0. The van der Waals surface area contributed by atoms with Gasteiger partial charge in [0.2, 0.25) is 0 Å². The fourth-order valence-electron chi connectivity index (χ4n) is 3.85. The summed E-state index contributed by atoms with van der Waals surface area (Å²) in [5.74, 6) is -1.49. The van der Waals surface area contributed by atoms with Gasteiger partial charge in [0.05, 0.1) is 11.1 Å². The first kappa shape index (κ1) is 22.4. The highest BCUT2D eigenvalue weighted by Crippen LogP contribution is 2.41. The molecule has 33 heavy (non-hydrogen) atoms. The second kappa shape index (κ2) is 8.27. The summed E-state index contributed by atoms with van der Waals surface area (Å²) in [6.45, 7) is 3.27. The van der Waals surface area contributed by atoms with Crippen molar-refractivity contribution < 1.29 is 32.3 Å². The first-order valence-electron chi connectivity index (χ1n) is 10.1. The van der Waals surface area contributed by atoms with Crippen LogP contribution in [0.25, 0.3) is 5.76 Å². The molecule has 1 fully saturated rings. The molecule has 1 atom stereocenters. The van der Waals surface area contributed by atoms with Crippen molar-refractivity contribution >= 4 is 17.4 Å². The molecule has 0 bridgehead atoms. The normalized spacial score (nSPS) is 18.2. The molecule has 0 spiro atoms.